The fraction of sp³-hybridized carbons (Fsp3) is 0.571. The molecule has 2 fully saturated rings. The first kappa shape index (κ1) is 13.4. The van der Waals surface area contributed by atoms with Crippen LogP contribution in [0.15, 0.2) is 17.5 Å². The van der Waals surface area contributed by atoms with Gasteiger partial charge in [0.1, 0.15) is 0 Å². The lowest BCUT2D eigenvalue weighted by molar-refractivity contribution is 0.0670. The summed E-state index contributed by atoms with van der Waals surface area (Å²) in [6.45, 7) is 3.27. The molecule has 1 aliphatic carbocycles. The third kappa shape index (κ3) is 3.12. The van der Waals surface area contributed by atoms with Crippen LogP contribution in [0, 0.1) is 5.92 Å². The Kier molecular flexibility index (Phi) is 3.91. The molecule has 3 amide bonds. The third-order valence-electron chi connectivity index (χ3n) is 3.82. The SMILES string of the molecule is O=C(NCC1CC1)N1CCN(C(=O)c2cccs2)CC1. The van der Waals surface area contributed by atoms with Gasteiger partial charge in [-0.1, -0.05) is 6.07 Å². The van der Waals surface area contributed by atoms with Crippen LogP contribution in [0.2, 0.25) is 0 Å². The molecule has 5 nitrogen and oxygen atoms in total. The highest BCUT2D eigenvalue weighted by atomic mass is 32.1. The van der Waals surface area contributed by atoms with Crippen LogP contribution in [0.4, 0.5) is 4.79 Å². The van der Waals surface area contributed by atoms with Crippen LogP contribution in [0.25, 0.3) is 0 Å². The van der Waals surface area contributed by atoms with Gasteiger partial charge in [-0.3, -0.25) is 4.79 Å². The average Bonchev–Trinajstić information content (AvgIpc) is 3.16. The fourth-order valence-corrected chi connectivity index (χ4v) is 3.02. The number of urea groups is 1. The van der Waals surface area contributed by atoms with Gasteiger partial charge in [-0.15, -0.1) is 11.3 Å². The van der Waals surface area contributed by atoms with Gasteiger partial charge in [-0.05, 0) is 30.2 Å². The monoisotopic (exact) mass is 293 g/mol. The molecule has 1 aliphatic heterocycles. The number of carbonyl (C=O) groups is 2. The normalized spacial score (nSPS) is 19.0. The smallest absolute Gasteiger partial charge is 0.317 e. The minimum atomic E-state index is 0.0140. The molecule has 1 aromatic heterocycles. The fourth-order valence-electron chi connectivity index (χ4n) is 2.33. The number of thiophene rings is 1. The molecule has 0 atom stereocenters. The summed E-state index contributed by atoms with van der Waals surface area (Å²) in [6.07, 6.45) is 2.48. The number of nitrogens with zero attached hydrogens (tertiary/aromatic N) is 2. The van der Waals surface area contributed by atoms with Gasteiger partial charge in [0.05, 0.1) is 4.88 Å². The first-order chi connectivity index (χ1) is 9.74. The second kappa shape index (κ2) is 5.83. The Bertz CT molecular complexity index is 477. The van der Waals surface area contributed by atoms with Crippen molar-refractivity contribution in [3.63, 3.8) is 0 Å². The summed E-state index contributed by atoms with van der Waals surface area (Å²) < 4.78 is 0. The van der Waals surface area contributed by atoms with E-state index in [1.165, 1.54) is 24.2 Å². The highest BCUT2D eigenvalue weighted by molar-refractivity contribution is 7.12. The van der Waals surface area contributed by atoms with Gasteiger partial charge in [0.15, 0.2) is 0 Å². The summed E-state index contributed by atoms with van der Waals surface area (Å²) in [6, 6.07) is 3.75. The number of carbonyl (C=O) groups excluding carboxylic acids is 2. The molecule has 2 aliphatic rings. The van der Waals surface area contributed by atoms with Crippen molar-refractivity contribution in [2.45, 2.75) is 12.8 Å². The van der Waals surface area contributed by atoms with Crippen LogP contribution in [-0.2, 0) is 0 Å². The zero-order valence-corrected chi connectivity index (χ0v) is 12.2. The topological polar surface area (TPSA) is 52.7 Å². The summed E-state index contributed by atoms with van der Waals surface area (Å²) in [5.74, 6) is 0.777. The van der Waals surface area contributed by atoms with Crippen molar-refractivity contribution >= 4 is 23.3 Å². The zero-order valence-electron chi connectivity index (χ0n) is 11.4. The maximum atomic E-state index is 12.2. The Morgan fingerprint density at radius 1 is 1.20 bits per heavy atom. The molecule has 0 radical (unpaired) electrons. The van der Waals surface area contributed by atoms with E-state index in [9.17, 15) is 9.59 Å². The predicted molar refractivity (Wildman–Crippen MR) is 77.9 cm³/mol. The van der Waals surface area contributed by atoms with E-state index in [1.54, 1.807) is 4.90 Å². The zero-order chi connectivity index (χ0) is 13.9. The van der Waals surface area contributed by atoms with Crippen LogP contribution < -0.4 is 5.32 Å². The molecule has 1 aromatic rings. The molecule has 0 bridgehead atoms. The second-order valence-electron chi connectivity index (χ2n) is 5.39. The van der Waals surface area contributed by atoms with Crippen molar-refractivity contribution < 1.29 is 9.59 Å². The van der Waals surface area contributed by atoms with Gasteiger partial charge in [0, 0.05) is 32.7 Å². The predicted octanol–water partition coefficient (Wildman–Crippen LogP) is 1.63. The number of piperazine rings is 1. The van der Waals surface area contributed by atoms with E-state index in [4.69, 9.17) is 0 Å². The molecule has 20 heavy (non-hydrogen) atoms. The van der Waals surface area contributed by atoms with E-state index in [0.29, 0.717) is 32.1 Å². The number of rotatable bonds is 3. The van der Waals surface area contributed by atoms with Gasteiger partial charge in [-0.2, -0.15) is 0 Å². The Balaban J connectivity index is 1.46. The van der Waals surface area contributed by atoms with Crippen LogP contribution in [0.1, 0.15) is 22.5 Å². The van der Waals surface area contributed by atoms with Crippen molar-refractivity contribution in [1.29, 1.82) is 0 Å². The van der Waals surface area contributed by atoms with Crippen molar-refractivity contribution in [2.24, 2.45) is 5.92 Å². The van der Waals surface area contributed by atoms with E-state index < -0.39 is 0 Å². The van der Waals surface area contributed by atoms with E-state index in [0.717, 1.165) is 11.4 Å². The average molecular weight is 293 g/mol. The number of hydrogen-bond acceptors (Lipinski definition) is 3. The number of amides is 3. The Morgan fingerprint density at radius 2 is 1.90 bits per heavy atom. The highest BCUT2D eigenvalue weighted by Crippen LogP contribution is 2.27. The van der Waals surface area contributed by atoms with Crippen LogP contribution in [0.5, 0.6) is 0 Å². The standard InChI is InChI=1S/C14H19N3O2S/c18-13(12-2-1-9-20-12)16-5-7-17(8-6-16)14(19)15-10-11-3-4-11/h1-2,9,11H,3-8,10H2,(H,15,19). The van der Waals surface area contributed by atoms with Gasteiger partial charge < -0.3 is 15.1 Å². The first-order valence-corrected chi connectivity index (χ1v) is 7.97. The lowest BCUT2D eigenvalue weighted by Crippen LogP contribution is -2.53. The van der Waals surface area contributed by atoms with Crippen molar-refractivity contribution in [1.82, 2.24) is 15.1 Å². The molecular weight excluding hydrogens is 274 g/mol. The Morgan fingerprint density at radius 3 is 2.50 bits per heavy atom. The molecule has 2 heterocycles. The number of nitrogens with one attached hydrogen (secondary N) is 1. The lowest BCUT2D eigenvalue weighted by atomic mass is 10.3. The first-order valence-electron chi connectivity index (χ1n) is 7.09. The van der Waals surface area contributed by atoms with E-state index in [1.807, 2.05) is 22.4 Å². The largest absolute Gasteiger partial charge is 0.338 e. The Labute approximate surface area is 122 Å². The minimum absolute atomic E-state index is 0.0140. The summed E-state index contributed by atoms with van der Waals surface area (Å²) in [5, 5.41) is 4.88. The lowest BCUT2D eigenvalue weighted by Gasteiger charge is -2.34. The Hall–Kier alpha value is -1.56. The van der Waals surface area contributed by atoms with Crippen LogP contribution in [-0.4, -0.2) is 54.5 Å². The molecule has 108 valence electrons. The van der Waals surface area contributed by atoms with Crippen molar-refractivity contribution in [3.8, 4) is 0 Å². The minimum Gasteiger partial charge on any atom is -0.338 e. The van der Waals surface area contributed by atoms with E-state index >= 15 is 0 Å². The van der Waals surface area contributed by atoms with E-state index in [-0.39, 0.29) is 11.9 Å². The summed E-state index contributed by atoms with van der Waals surface area (Å²) >= 11 is 1.47. The quantitative estimate of drug-likeness (QED) is 0.921. The van der Waals surface area contributed by atoms with Crippen molar-refractivity contribution in [2.75, 3.05) is 32.7 Å². The van der Waals surface area contributed by atoms with Gasteiger partial charge in [0.2, 0.25) is 0 Å². The molecule has 0 unspecified atom stereocenters. The third-order valence-corrected chi connectivity index (χ3v) is 4.68. The van der Waals surface area contributed by atoms with Gasteiger partial charge in [-0.25, -0.2) is 4.79 Å². The molecule has 0 spiro atoms. The summed E-state index contributed by atoms with van der Waals surface area (Å²) in [7, 11) is 0. The van der Waals surface area contributed by atoms with Crippen LogP contribution >= 0.6 is 11.3 Å². The molecule has 1 N–H and O–H groups in total. The second-order valence-corrected chi connectivity index (χ2v) is 6.33. The van der Waals surface area contributed by atoms with Crippen LogP contribution in [0.3, 0.4) is 0 Å². The molecule has 0 aromatic carbocycles. The summed E-state index contributed by atoms with van der Waals surface area (Å²) in [4.78, 5) is 28.5. The van der Waals surface area contributed by atoms with E-state index in [2.05, 4.69) is 5.32 Å². The maximum Gasteiger partial charge on any atom is 0.317 e. The van der Waals surface area contributed by atoms with Gasteiger partial charge >= 0.3 is 6.03 Å². The number of hydrogen-bond donors (Lipinski definition) is 1. The molecule has 1 saturated carbocycles. The summed E-state index contributed by atoms with van der Waals surface area (Å²) in [5.41, 5.74) is 0. The molecule has 3 rings (SSSR count). The van der Waals surface area contributed by atoms with Crippen molar-refractivity contribution in [3.05, 3.63) is 22.4 Å². The molecular formula is C14H19N3O2S. The van der Waals surface area contributed by atoms with Gasteiger partial charge in [0.25, 0.3) is 5.91 Å². The highest BCUT2D eigenvalue weighted by Gasteiger charge is 2.27. The maximum absolute atomic E-state index is 12.2. The molecule has 6 heteroatoms. The molecule has 1 saturated heterocycles.